The van der Waals surface area contributed by atoms with E-state index in [0.29, 0.717) is 16.7 Å². The summed E-state index contributed by atoms with van der Waals surface area (Å²) < 4.78 is 1.34. The number of pyridine rings is 1. The van der Waals surface area contributed by atoms with Crippen molar-refractivity contribution in [1.29, 1.82) is 0 Å². The molecule has 0 saturated carbocycles. The Morgan fingerprint density at radius 1 is 1.06 bits per heavy atom. The highest BCUT2D eigenvalue weighted by molar-refractivity contribution is 5.97. The molecule has 0 bridgehead atoms. The van der Waals surface area contributed by atoms with E-state index in [1.54, 1.807) is 45.2 Å². The van der Waals surface area contributed by atoms with Gasteiger partial charge in [0.25, 0.3) is 11.5 Å². The summed E-state index contributed by atoms with van der Waals surface area (Å²) >= 11 is 0. The Morgan fingerprint density at radius 3 is 2.03 bits per heavy atom. The normalized spacial score (nSPS) is 12.2. The minimum atomic E-state index is -1.57. The fourth-order valence-electron chi connectivity index (χ4n) is 3.92. The Hall–Kier alpha value is -3.71. The third-order valence-corrected chi connectivity index (χ3v) is 5.87. The predicted molar refractivity (Wildman–Crippen MR) is 127 cm³/mol. The Labute approximate surface area is 193 Å². The van der Waals surface area contributed by atoms with Crippen molar-refractivity contribution >= 4 is 11.8 Å². The van der Waals surface area contributed by atoms with Crippen molar-refractivity contribution in [2.45, 2.75) is 25.5 Å². The number of likely N-dealkylation sites (N-methyl/N-ethyl adjacent to an activating group) is 1. The summed E-state index contributed by atoms with van der Waals surface area (Å²) in [5.74, 6) is -0.830. The summed E-state index contributed by atoms with van der Waals surface area (Å²) in [7, 11) is 3.07. The number of carbonyl (C=O) groups excluding carboxylic acids is 2. The first-order valence-corrected chi connectivity index (χ1v) is 10.7. The van der Waals surface area contributed by atoms with E-state index in [0.717, 1.165) is 0 Å². The zero-order valence-electron chi connectivity index (χ0n) is 19.3. The number of amides is 2. The molecule has 0 aliphatic heterocycles. The standard InChI is InChI=1S/C26H29N3O4/c1-18-15-20(16-28(4)24(18)31)25(32)29(19(2)23(30)27-3)17-26(33,21-11-7-5-8-12-21)22-13-9-6-10-14-22/h5-16,19,33H,17H2,1-4H3,(H,27,30). The number of hydrogen-bond acceptors (Lipinski definition) is 4. The summed E-state index contributed by atoms with van der Waals surface area (Å²) in [6.45, 7) is 3.08. The molecule has 7 nitrogen and oxygen atoms in total. The van der Waals surface area contributed by atoms with Gasteiger partial charge in [-0.15, -0.1) is 0 Å². The van der Waals surface area contributed by atoms with Crippen LogP contribution in [0, 0.1) is 6.92 Å². The molecule has 0 fully saturated rings. The first-order valence-electron chi connectivity index (χ1n) is 10.7. The van der Waals surface area contributed by atoms with Crippen molar-refractivity contribution in [2.75, 3.05) is 13.6 Å². The number of rotatable bonds is 7. The summed E-state index contributed by atoms with van der Waals surface area (Å²) in [4.78, 5) is 39.8. The highest BCUT2D eigenvalue weighted by Crippen LogP contribution is 2.32. The molecule has 1 unspecified atom stereocenters. The number of aliphatic hydroxyl groups is 1. The van der Waals surface area contributed by atoms with Crippen LogP contribution in [0.1, 0.15) is 34.0 Å². The van der Waals surface area contributed by atoms with E-state index in [4.69, 9.17) is 0 Å². The van der Waals surface area contributed by atoms with E-state index < -0.39 is 17.6 Å². The monoisotopic (exact) mass is 447 g/mol. The van der Waals surface area contributed by atoms with Crippen LogP contribution in [-0.4, -0.2) is 46.0 Å². The molecule has 0 saturated heterocycles. The van der Waals surface area contributed by atoms with Crippen molar-refractivity contribution in [3.63, 3.8) is 0 Å². The van der Waals surface area contributed by atoms with Crippen LogP contribution in [0.25, 0.3) is 0 Å². The average molecular weight is 448 g/mol. The highest BCUT2D eigenvalue weighted by atomic mass is 16.3. The molecule has 7 heteroatoms. The highest BCUT2D eigenvalue weighted by Gasteiger charge is 2.38. The van der Waals surface area contributed by atoms with E-state index in [-0.39, 0.29) is 23.6 Å². The number of nitrogens with one attached hydrogen (secondary N) is 1. The Morgan fingerprint density at radius 2 is 1.58 bits per heavy atom. The van der Waals surface area contributed by atoms with Crippen molar-refractivity contribution in [1.82, 2.24) is 14.8 Å². The van der Waals surface area contributed by atoms with Gasteiger partial charge in [-0.2, -0.15) is 0 Å². The topological polar surface area (TPSA) is 91.6 Å². The molecule has 2 N–H and O–H groups in total. The lowest BCUT2D eigenvalue weighted by atomic mass is 9.85. The van der Waals surface area contributed by atoms with Gasteiger partial charge in [0.2, 0.25) is 5.91 Å². The smallest absolute Gasteiger partial charge is 0.256 e. The van der Waals surface area contributed by atoms with Gasteiger partial charge >= 0.3 is 0 Å². The van der Waals surface area contributed by atoms with Gasteiger partial charge in [0.15, 0.2) is 0 Å². The van der Waals surface area contributed by atoms with Crippen LogP contribution in [0.3, 0.4) is 0 Å². The minimum absolute atomic E-state index is 0.170. The van der Waals surface area contributed by atoms with Crippen molar-refractivity contribution in [2.24, 2.45) is 7.05 Å². The molecule has 0 aliphatic carbocycles. The molecule has 3 rings (SSSR count). The first kappa shape index (κ1) is 23.9. The lowest BCUT2D eigenvalue weighted by Crippen LogP contribution is -2.53. The first-order chi connectivity index (χ1) is 15.7. The van der Waals surface area contributed by atoms with Gasteiger partial charge in [-0.05, 0) is 31.0 Å². The second kappa shape index (κ2) is 9.83. The van der Waals surface area contributed by atoms with E-state index in [2.05, 4.69) is 5.32 Å². The maximum atomic E-state index is 13.7. The second-order valence-electron chi connectivity index (χ2n) is 8.14. The molecule has 33 heavy (non-hydrogen) atoms. The van der Waals surface area contributed by atoms with Crippen molar-refractivity contribution < 1.29 is 14.7 Å². The minimum Gasteiger partial charge on any atom is -0.379 e. The number of aromatic nitrogens is 1. The Kier molecular flexibility index (Phi) is 7.13. The van der Waals surface area contributed by atoms with Crippen LogP contribution in [0.15, 0.2) is 77.7 Å². The summed E-state index contributed by atoms with van der Waals surface area (Å²) in [6.07, 6.45) is 1.45. The average Bonchev–Trinajstić information content (AvgIpc) is 2.85. The maximum absolute atomic E-state index is 13.7. The Bertz CT molecular complexity index is 1120. The van der Waals surface area contributed by atoms with Crippen LogP contribution in [0.2, 0.25) is 0 Å². The molecule has 0 radical (unpaired) electrons. The van der Waals surface area contributed by atoms with Crippen molar-refractivity contribution in [3.05, 3.63) is 106 Å². The number of aryl methyl sites for hydroxylation is 2. The van der Waals surface area contributed by atoms with Crippen LogP contribution < -0.4 is 10.9 Å². The van der Waals surface area contributed by atoms with Gasteiger partial charge < -0.3 is 19.9 Å². The van der Waals surface area contributed by atoms with Gasteiger partial charge in [-0.25, -0.2) is 0 Å². The van der Waals surface area contributed by atoms with Crippen molar-refractivity contribution in [3.8, 4) is 0 Å². The molecule has 2 amide bonds. The molecule has 3 aromatic rings. The molecular formula is C26H29N3O4. The molecule has 0 spiro atoms. The van der Waals surface area contributed by atoms with Crippen LogP contribution in [-0.2, 0) is 17.4 Å². The molecule has 1 aromatic heterocycles. The van der Waals surface area contributed by atoms with Gasteiger partial charge in [-0.3, -0.25) is 14.4 Å². The van der Waals surface area contributed by atoms with E-state index in [1.165, 1.54) is 28.8 Å². The van der Waals surface area contributed by atoms with Gasteiger partial charge in [-0.1, -0.05) is 60.7 Å². The molecule has 1 heterocycles. The van der Waals surface area contributed by atoms with E-state index in [1.807, 2.05) is 36.4 Å². The molecule has 172 valence electrons. The maximum Gasteiger partial charge on any atom is 0.256 e. The molecule has 0 aliphatic rings. The third-order valence-electron chi connectivity index (χ3n) is 5.87. The number of hydrogen-bond donors (Lipinski definition) is 2. The molecule has 2 aromatic carbocycles. The summed E-state index contributed by atoms with van der Waals surface area (Å²) in [5.41, 5.74) is 0.0778. The zero-order valence-corrected chi connectivity index (χ0v) is 19.3. The molecular weight excluding hydrogens is 418 g/mol. The fraction of sp³-hybridized carbons (Fsp3) is 0.269. The van der Waals surface area contributed by atoms with E-state index in [9.17, 15) is 19.5 Å². The number of benzene rings is 2. The van der Waals surface area contributed by atoms with Gasteiger partial charge in [0, 0.05) is 25.9 Å². The largest absolute Gasteiger partial charge is 0.379 e. The predicted octanol–water partition coefficient (Wildman–Crippen LogP) is 2.21. The van der Waals surface area contributed by atoms with Crippen LogP contribution in [0.5, 0.6) is 0 Å². The van der Waals surface area contributed by atoms with Crippen LogP contribution >= 0.6 is 0 Å². The van der Waals surface area contributed by atoms with E-state index >= 15 is 0 Å². The summed E-state index contributed by atoms with van der Waals surface area (Å²) in [6, 6.07) is 18.7. The second-order valence-corrected chi connectivity index (χ2v) is 8.14. The van der Waals surface area contributed by atoms with Gasteiger partial charge in [0.05, 0.1) is 12.1 Å². The summed E-state index contributed by atoms with van der Waals surface area (Å²) in [5, 5.41) is 14.6. The zero-order chi connectivity index (χ0) is 24.2. The SMILES string of the molecule is CNC(=O)C(C)N(CC(O)(c1ccccc1)c1ccccc1)C(=O)c1cc(C)c(=O)n(C)c1. The quantitative estimate of drug-likeness (QED) is 0.581. The Balaban J connectivity index is 2.14. The lowest BCUT2D eigenvalue weighted by molar-refractivity contribution is -0.125. The third kappa shape index (κ3) is 4.88. The number of nitrogens with zero attached hydrogens (tertiary/aromatic N) is 2. The lowest BCUT2D eigenvalue weighted by Gasteiger charge is -2.37. The fourth-order valence-corrected chi connectivity index (χ4v) is 3.92. The van der Waals surface area contributed by atoms with Crippen LogP contribution in [0.4, 0.5) is 0 Å². The number of carbonyl (C=O) groups is 2. The molecule has 1 atom stereocenters. The van der Waals surface area contributed by atoms with Gasteiger partial charge in [0.1, 0.15) is 11.6 Å².